The Bertz CT molecular complexity index is 83.0. The molecule has 6 heteroatoms. The van der Waals surface area contributed by atoms with Crippen molar-refractivity contribution < 1.29 is 8.76 Å². The van der Waals surface area contributed by atoms with Gasteiger partial charge in [0.05, 0.1) is 0 Å². The van der Waals surface area contributed by atoms with Gasteiger partial charge in [-0.3, -0.25) is 4.21 Å². The predicted molar refractivity (Wildman–Crippen MR) is 22.7 cm³/mol. The molecule has 7 heavy (non-hydrogen) atoms. The number of nitrogens with one attached hydrogen (secondary N) is 1. The van der Waals surface area contributed by atoms with Gasteiger partial charge in [0.15, 0.2) is 0 Å². The van der Waals surface area contributed by atoms with E-state index in [4.69, 9.17) is 4.91 Å². The maximum Gasteiger partial charge on any atom is 0.141 e. The topological polar surface area (TPSA) is 81.6 Å². The Morgan fingerprint density at radius 3 is 2.57 bits per heavy atom. The second-order valence-corrected chi connectivity index (χ2v) is 1.42. The molecule has 0 amide bonds. The molecule has 0 aromatic carbocycles. The van der Waals surface area contributed by atoms with E-state index < -0.39 is 17.9 Å². The third-order valence-electron chi connectivity index (χ3n) is 0.247. The molecule has 0 aliphatic rings. The van der Waals surface area contributed by atoms with Crippen molar-refractivity contribution in [3.63, 3.8) is 0 Å². The Labute approximate surface area is 42.5 Å². The highest BCUT2D eigenvalue weighted by Crippen LogP contribution is 1.61. The SMILES string of the molecule is O=NCNS(=O)[O-]. The molecule has 0 bridgehead atoms. The van der Waals surface area contributed by atoms with Gasteiger partial charge in [0, 0.05) is 11.3 Å². The van der Waals surface area contributed by atoms with E-state index in [9.17, 15) is 8.76 Å². The van der Waals surface area contributed by atoms with Crippen molar-refractivity contribution in [2.24, 2.45) is 5.18 Å². The van der Waals surface area contributed by atoms with Crippen molar-refractivity contribution in [2.75, 3.05) is 6.67 Å². The Morgan fingerprint density at radius 1 is 1.86 bits per heavy atom. The lowest BCUT2D eigenvalue weighted by Gasteiger charge is -1.99. The average Bonchev–Trinajstić information content (AvgIpc) is 1.61. The Hall–Kier alpha value is -0.330. The van der Waals surface area contributed by atoms with Crippen LogP contribution in [0.4, 0.5) is 0 Å². The minimum Gasteiger partial charge on any atom is -0.760 e. The molecule has 0 radical (unpaired) electrons. The summed E-state index contributed by atoms with van der Waals surface area (Å²) in [6.45, 7) is -0.393. The van der Waals surface area contributed by atoms with Gasteiger partial charge in [-0.25, -0.2) is 4.72 Å². The summed E-state index contributed by atoms with van der Waals surface area (Å²) < 4.78 is 20.6. The highest BCUT2D eigenvalue weighted by atomic mass is 32.2. The third kappa shape index (κ3) is 5.67. The fourth-order valence-electron chi connectivity index (χ4n) is 0.0791. The van der Waals surface area contributed by atoms with Crippen LogP contribution in [-0.2, 0) is 11.3 Å². The number of rotatable bonds is 3. The lowest BCUT2D eigenvalue weighted by Crippen LogP contribution is -2.15. The minimum atomic E-state index is -2.36. The van der Waals surface area contributed by atoms with Crippen LogP contribution in [0.25, 0.3) is 0 Å². The second kappa shape index (κ2) is 3.85. The number of nitroso groups, excluding NO2 is 1. The molecule has 0 saturated carbocycles. The molecule has 1 unspecified atom stereocenters. The maximum atomic E-state index is 9.45. The molecule has 0 fully saturated rings. The van der Waals surface area contributed by atoms with Crippen LogP contribution in [0, 0.1) is 4.91 Å². The van der Waals surface area contributed by atoms with Crippen LogP contribution in [-0.4, -0.2) is 15.4 Å². The summed E-state index contributed by atoms with van der Waals surface area (Å²) in [6.07, 6.45) is 0. The highest BCUT2D eigenvalue weighted by Gasteiger charge is 1.75. The quantitative estimate of drug-likeness (QED) is 0.389. The van der Waals surface area contributed by atoms with Gasteiger partial charge < -0.3 is 4.55 Å². The van der Waals surface area contributed by atoms with E-state index in [1.807, 2.05) is 0 Å². The fraction of sp³-hybridized carbons (Fsp3) is 1.00. The van der Waals surface area contributed by atoms with Gasteiger partial charge >= 0.3 is 0 Å². The molecule has 1 N–H and O–H groups in total. The van der Waals surface area contributed by atoms with Crippen LogP contribution in [0.1, 0.15) is 0 Å². The number of hydrogen-bond donors (Lipinski definition) is 1. The first kappa shape index (κ1) is 6.67. The average molecular weight is 123 g/mol. The molecule has 0 heterocycles. The molecular formula is CH3N2O3S-. The van der Waals surface area contributed by atoms with Crippen LogP contribution in [0.15, 0.2) is 5.18 Å². The molecule has 0 aromatic heterocycles. The van der Waals surface area contributed by atoms with E-state index in [1.54, 1.807) is 4.72 Å². The zero-order valence-electron chi connectivity index (χ0n) is 3.29. The number of nitrogens with zero attached hydrogens (tertiary/aromatic N) is 1. The molecule has 0 aliphatic carbocycles. The Balaban J connectivity index is 2.97. The van der Waals surface area contributed by atoms with Crippen molar-refractivity contribution in [3.8, 4) is 0 Å². The van der Waals surface area contributed by atoms with Gasteiger partial charge in [-0.2, -0.15) is 0 Å². The van der Waals surface area contributed by atoms with Crippen molar-refractivity contribution in [2.45, 2.75) is 0 Å². The van der Waals surface area contributed by atoms with Gasteiger partial charge in [0.2, 0.25) is 0 Å². The zero-order valence-corrected chi connectivity index (χ0v) is 4.10. The lowest BCUT2D eigenvalue weighted by atomic mass is 11.3. The molecule has 1 atom stereocenters. The van der Waals surface area contributed by atoms with Crippen LogP contribution >= 0.6 is 0 Å². The van der Waals surface area contributed by atoms with Crippen molar-refractivity contribution in [1.29, 1.82) is 0 Å². The summed E-state index contributed by atoms with van der Waals surface area (Å²) in [7, 11) is 0. The second-order valence-electron chi connectivity index (χ2n) is 0.666. The van der Waals surface area contributed by atoms with E-state index in [-0.39, 0.29) is 0 Å². The van der Waals surface area contributed by atoms with Crippen molar-refractivity contribution >= 4 is 11.3 Å². The minimum absolute atomic E-state index is 0.393. The molecule has 0 aliphatic heterocycles. The summed E-state index contributed by atoms with van der Waals surface area (Å²) in [5.74, 6) is 0. The van der Waals surface area contributed by atoms with Gasteiger partial charge in [-0.15, -0.1) is 4.91 Å². The smallest absolute Gasteiger partial charge is 0.141 e. The summed E-state index contributed by atoms with van der Waals surface area (Å²) in [5, 5.41) is 2.22. The van der Waals surface area contributed by atoms with Crippen molar-refractivity contribution in [1.82, 2.24) is 4.72 Å². The van der Waals surface area contributed by atoms with Crippen LogP contribution < -0.4 is 4.72 Å². The molecule has 0 aromatic rings. The van der Waals surface area contributed by atoms with Crippen LogP contribution in [0.5, 0.6) is 0 Å². The van der Waals surface area contributed by atoms with E-state index in [0.29, 0.717) is 0 Å². The molecular weight excluding hydrogens is 120 g/mol. The molecule has 5 nitrogen and oxygen atoms in total. The number of hydrogen-bond acceptors (Lipinski definition) is 4. The van der Waals surface area contributed by atoms with Gasteiger partial charge in [0.1, 0.15) is 6.67 Å². The summed E-state index contributed by atoms with van der Waals surface area (Å²) in [6, 6.07) is 0. The van der Waals surface area contributed by atoms with E-state index in [2.05, 4.69) is 5.18 Å². The van der Waals surface area contributed by atoms with E-state index >= 15 is 0 Å². The fourth-order valence-corrected chi connectivity index (χ4v) is 0.237. The Morgan fingerprint density at radius 2 is 2.43 bits per heavy atom. The van der Waals surface area contributed by atoms with Crippen LogP contribution in [0.3, 0.4) is 0 Å². The van der Waals surface area contributed by atoms with Gasteiger partial charge in [0.25, 0.3) is 0 Å². The third-order valence-corrected chi connectivity index (χ3v) is 0.612. The first-order valence-corrected chi connectivity index (χ1v) is 2.46. The summed E-state index contributed by atoms with van der Waals surface area (Å²) >= 11 is -2.36. The maximum absolute atomic E-state index is 9.45. The van der Waals surface area contributed by atoms with E-state index in [1.165, 1.54) is 0 Å². The monoisotopic (exact) mass is 123 g/mol. The first-order chi connectivity index (χ1) is 3.27. The standard InChI is InChI=1S/CH4N2O3S/c4-2-1-3-7(5)6/h3H,1H2,(H,5,6)/p-1. The highest BCUT2D eigenvalue weighted by molar-refractivity contribution is 7.77. The first-order valence-electron chi connectivity index (χ1n) is 1.39. The Kier molecular flexibility index (Phi) is 3.67. The molecule has 0 spiro atoms. The normalized spacial score (nSPS) is 13.3. The van der Waals surface area contributed by atoms with Gasteiger partial charge in [-0.1, -0.05) is 5.18 Å². The summed E-state index contributed by atoms with van der Waals surface area (Å²) in [5.41, 5.74) is 0. The zero-order chi connectivity index (χ0) is 5.70. The molecule has 0 saturated heterocycles. The summed E-state index contributed by atoms with van der Waals surface area (Å²) in [4.78, 5) is 9.12. The predicted octanol–water partition coefficient (Wildman–Crippen LogP) is -0.906. The van der Waals surface area contributed by atoms with Gasteiger partial charge in [-0.05, 0) is 0 Å². The molecule has 42 valence electrons. The van der Waals surface area contributed by atoms with E-state index in [0.717, 1.165) is 0 Å². The lowest BCUT2D eigenvalue weighted by molar-refractivity contribution is 0.524. The largest absolute Gasteiger partial charge is 0.760 e. The molecule has 0 rings (SSSR count). The van der Waals surface area contributed by atoms with Crippen molar-refractivity contribution in [3.05, 3.63) is 4.91 Å². The van der Waals surface area contributed by atoms with Crippen LogP contribution in [0.2, 0.25) is 0 Å².